The first-order valence-corrected chi connectivity index (χ1v) is 12.9. The van der Waals surface area contributed by atoms with Gasteiger partial charge >= 0.3 is 0 Å². The average molecular weight is 478 g/mol. The van der Waals surface area contributed by atoms with Gasteiger partial charge in [-0.15, -0.1) is 11.3 Å². The minimum absolute atomic E-state index is 0.140. The normalized spacial score (nSPS) is 15.5. The molecule has 2 aromatic carbocycles. The number of likely N-dealkylation sites (tertiary alicyclic amines) is 1. The highest BCUT2D eigenvalue weighted by atomic mass is 35.5. The minimum atomic E-state index is -3.44. The third kappa shape index (κ3) is 5.09. The van der Waals surface area contributed by atoms with E-state index in [9.17, 15) is 13.2 Å². The summed E-state index contributed by atoms with van der Waals surface area (Å²) in [5, 5.41) is 1.82. The maximum Gasteiger partial charge on any atom is 0.240 e. The fourth-order valence-corrected chi connectivity index (χ4v) is 5.84. The molecule has 0 saturated carbocycles. The number of nitrogens with zero attached hydrogens (tertiary/aromatic N) is 2. The Bertz CT molecular complexity index is 1180. The lowest BCUT2D eigenvalue weighted by Crippen LogP contribution is -2.38. The van der Waals surface area contributed by atoms with Gasteiger partial charge in [0.1, 0.15) is 0 Å². The van der Waals surface area contributed by atoms with E-state index in [1.807, 2.05) is 23.1 Å². The zero-order valence-electron chi connectivity index (χ0n) is 17.2. The summed E-state index contributed by atoms with van der Waals surface area (Å²) in [4.78, 5) is 19.6. The topological polar surface area (TPSA) is 79.4 Å². The number of hydrogen-bond donors (Lipinski definition) is 1. The highest BCUT2D eigenvalue weighted by Crippen LogP contribution is 2.34. The minimum Gasteiger partial charge on any atom is -0.343 e. The van der Waals surface area contributed by atoms with Crippen LogP contribution in [0.1, 0.15) is 35.8 Å². The molecule has 4 rings (SSSR count). The van der Waals surface area contributed by atoms with E-state index in [0.29, 0.717) is 23.8 Å². The van der Waals surface area contributed by atoms with E-state index < -0.39 is 10.0 Å². The van der Waals surface area contributed by atoms with Crippen LogP contribution in [0.4, 0.5) is 0 Å². The molecule has 0 radical (unpaired) electrons. The molecule has 0 aliphatic carbocycles. The smallest absolute Gasteiger partial charge is 0.240 e. The van der Waals surface area contributed by atoms with Gasteiger partial charge < -0.3 is 4.90 Å². The molecule has 1 saturated heterocycles. The highest BCUT2D eigenvalue weighted by molar-refractivity contribution is 7.89. The van der Waals surface area contributed by atoms with Crippen molar-refractivity contribution in [1.82, 2.24) is 14.6 Å². The van der Waals surface area contributed by atoms with Crippen LogP contribution in [0, 0.1) is 0 Å². The van der Waals surface area contributed by atoms with Gasteiger partial charge in [0, 0.05) is 30.5 Å². The van der Waals surface area contributed by atoms with Crippen LogP contribution in [0.2, 0.25) is 5.02 Å². The number of carbonyl (C=O) groups excluding carboxylic acids is 1. The second-order valence-electron chi connectivity index (χ2n) is 7.67. The summed E-state index contributed by atoms with van der Waals surface area (Å²) in [5.74, 6) is 0.517. The van der Waals surface area contributed by atoms with E-state index in [2.05, 4.69) is 4.72 Å². The lowest BCUT2D eigenvalue weighted by atomic mass is 9.97. The van der Waals surface area contributed by atoms with Crippen LogP contribution in [0.3, 0.4) is 0 Å². The molecule has 31 heavy (non-hydrogen) atoms. The molecule has 1 fully saturated rings. The van der Waals surface area contributed by atoms with Gasteiger partial charge in [0.05, 0.1) is 20.1 Å². The average Bonchev–Trinajstić information content (AvgIpc) is 3.21. The second-order valence-corrected chi connectivity index (χ2v) is 11.1. The van der Waals surface area contributed by atoms with Gasteiger partial charge in [-0.1, -0.05) is 23.7 Å². The Morgan fingerprint density at radius 1 is 1.19 bits per heavy atom. The van der Waals surface area contributed by atoms with Crippen LogP contribution in [-0.2, 0) is 21.2 Å². The van der Waals surface area contributed by atoms with Crippen molar-refractivity contribution in [3.05, 3.63) is 58.1 Å². The summed E-state index contributed by atoms with van der Waals surface area (Å²) >= 11 is 7.78. The lowest BCUT2D eigenvalue weighted by Gasteiger charge is -2.31. The Labute approximate surface area is 191 Å². The van der Waals surface area contributed by atoms with Gasteiger partial charge in [-0.25, -0.2) is 18.1 Å². The highest BCUT2D eigenvalue weighted by Gasteiger charge is 2.25. The van der Waals surface area contributed by atoms with E-state index in [4.69, 9.17) is 16.6 Å². The summed E-state index contributed by atoms with van der Waals surface area (Å²) in [6.45, 7) is 1.47. The molecule has 0 atom stereocenters. The third-order valence-corrected chi connectivity index (χ3v) is 8.56. The molecule has 0 spiro atoms. The lowest BCUT2D eigenvalue weighted by molar-refractivity contribution is -0.132. The number of aryl methyl sites for hydroxylation is 1. The van der Waals surface area contributed by atoms with Crippen molar-refractivity contribution in [3.8, 4) is 0 Å². The van der Waals surface area contributed by atoms with Crippen molar-refractivity contribution in [1.29, 1.82) is 0 Å². The van der Waals surface area contributed by atoms with E-state index in [0.717, 1.165) is 46.7 Å². The third-order valence-electron chi connectivity index (χ3n) is 5.69. The Balaban J connectivity index is 1.30. The predicted molar refractivity (Wildman–Crippen MR) is 124 cm³/mol. The standard InChI is InChI=1S/C22H24ClN3O3S2/c1-24-31(28,29)18-6-2-15(3-7-18)4-9-21(27)26-12-10-16(11-13-26)22-25-19-14-17(23)5-8-20(19)30-22/h2-3,5-8,14,16,24H,4,9-13H2,1H3. The summed E-state index contributed by atoms with van der Waals surface area (Å²) in [5.41, 5.74) is 1.89. The van der Waals surface area contributed by atoms with E-state index in [1.165, 1.54) is 7.05 Å². The van der Waals surface area contributed by atoms with Crippen LogP contribution in [-0.4, -0.2) is 44.3 Å². The number of benzene rings is 2. The van der Waals surface area contributed by atoms with Crippen LogP contribution >= 0.6 is 22.9 Å². The van der Waals surface area contributed by atoms with Crippen molar-refractivity contribution in [2.24, 2.45) is 0 Å². The summed E-state index contributed by atoms with van der Waals surface area (Å²) < 4.78 is 27.0. The zero-order valence-corrected chi connectivity index (χ0v) is 19.6. The molecule has 1 aliphatic heterocycles. The zero-order chi connectivity index (χ0) is 22.0. The molecule has 2 heterocycles. The SMILES string of the molecule is CNS(=O)(=O)c1ccc(CCC(=O)N2CCC(c3nc4cc(Cl)ccc4s3)CC2)cc1. The van der Waals surface area contributed by atoms with Gasteiger partial charge in [0.25, 0.3) is 0 Å². The van der Waals surface area contributed by atoms with Gasteiger partial charge in [-0.05, 0) is 62.2 Å². The number of rotatable bonds is 6. The van der Waals surface area contributed by atoms with Crippen LogP contribution in [0.15, 0.2) is 47.4 Å². The number of hydrogen-bond acceptors (Lipinski definition) is 5. The molecule has 9 heteroatoms. The first-order chi connectivity index (χ1) is 14.9. The summed E-state index contributed by atoms with van der Waals surface area (Å²) in [6, 6.07) is 12.5. The van der Waals surface area contributed by atoms with Crippen molar-refractivity contribution >= 4 is 49.1 Å². The van der Waals surface area contributed by atoms with Gasteiger partial charge in [0.15, 0.2) is 0 Å². The Hall–Kier alpha value is -2.00. The van der Waals surface area contributed by atoms with Gasteiger partial charge in [-0.3, -0.25) is 4.79 Å². The number of aromatic nitrogens is 1. The second kappa shape index (κ2) is 9.24. The molecular formula is C22H24ClN3O3S2. The molecule has 6 nitrogen and oxygen atoms in total. The molecule has 1 amide bonds. The number of halogens is 1. The first-order valence-electron chi connectivity index (χ1n) is 10.2. The van der Waals surface area contributed by atoms with Gasteiger partial charge in [0.2, 0.25) is 15.9 Å². The Morgan fingerprint density at radius 3 is 2.58 bits per heavy atom. The quantitative estimate of drug-likeness (QED) is 0.577. The molecule has 0 unspecified atom stereocenters. The summed E-state index contributed by atoms with van der Waals surface area (Å²) in [7, 11) is -2.05. The van der Waals surface area contributed by atoms with Crippen LogP contribution < -0.4 is 4.72 Å². The molecule has 0 bridgehead atoms. The van der Waals surface area contributed by atoms with E-state index >= 15 is 0 Å². The maximum absolute atomic E-state index is 12.7. The Kier molecular flexibility index (Phi) is 6.62. The fraction of sp³-hybridized carbons (Fsp3) is 0.364. The van der Waals surface area contributed by atoms with E-state index in [-0.39, 0.29) is 10.8 Å². The predicted octanol–water partition coefficient (Wildman–Crippen LogP) is 4.20. The molecule has 1 N–H and O–H groups in total. The first kappa shape index (κ1) is 22.2. The van der Waals surface area contributed by atoms with Gasteiger partial charge in [-0.2, -0.15) is 0 Å². The Morgan fingerprint density at radius 2 is 1.90 bits per heavy atom. The molecule has 1 aliphatic rings. The number of nitrogens with one attached hydrogen (secondary N) is 1. The van der Waals surface area contributed by atoms with Crippen molar-refractivity contribution in [2.45, 2.75) is 36.5 Å². The van der Waals surface area contributed by atoms with Crippen molar-refractivity contribution in [3.63, 3.8) is 0 Å². The molecule has 164 valence electrons. The molecular weight excluding hydrogens is 454 g/mol. The van der Waals surface area contributed by atoms with Crippen LogP contribution in [0.5, 0.6) is 0 Å². The van der Waals surface area contributed by atoms with Crippen LogP contribution in [0.25, 0.3) is 10.2 Å². The maximum atomic E-state index is 12.7. The number of amides is 1. The monoisotopic (exact) mass is 477 g/mol. The summed E-state index contributed by atoms with van der Waals surface area (Å²) in [6.07, 6.45) is 2.84. The number of carbonyl (C=O) groups is 1. The number of piperidine rings is 1. The number of thiazole rings is 1. The van der Waals surface area contributed by atoms with Crippen molar-refractivity contribution in [2.75, 3.05) is 20.1 Å². The number of sulfonamides is 1. The van der Waals surface area contributed by atoms with Crippen molar-refractivity contribution < 1.29 is 13.2 Å². The number of fused-ring (bicyclic) bond motifs is 1. The largest absolute Gasteiger partial charge is 0.343 e. The van der Waals surface area contributed by atoms with E-state index in [1.54, 1.807) is 35.6 Å². The fourth-order valence-electron chi connectivity index (χ4n) is 3.83. The molecule has 1 aromatic heterocycles. The molecule has 3 aromatic rings.